The second-order valence-corrected chi connectivity index (χ2v) is 9.39. The molecule has 2 N–H and O–H groups in total. The highest BCUT2D eigenvalue weighted by Gasteiger charge is 2.48. The van der Waals surface area contributed by atoms with Crippen molar-refractivity contribution in [2.45, 2.75) is 37.8 Å². The third kappa shape index (κ3) is 6.19. The molecule has 4 atom stereocenters. The Morgan fingerprint density at radius 3 is 2.09 bits per heavy atom. The minimum atomic E-state index is -4.15. The lowest BCUT2D eigenvalue weighted by Gasteiger charge is -2.21. The zero-order chi connectivity index (χ0) is 24.8. The van der Waals surface area contributed by atoms with Gasteiger partial charge in [0.15, 0.2) is 6.33 Å². The van der Waals surface area contributed by atoms with Gasteiger partial charge >= 0.3 is 13.6 Å². The van der Waals surface area contributed by atoms with Crippen LogP contribution in [0.15, 0.2) is 73.2 Å². The van der Waals surface area contributed by atoms with Crippen molar-refractivity contribution in [3.63, 3.8) is 0 Å². The summed E-state index contributed by atoms with van der Waals surface area (Å²) in [6.07, 6.45) is -3.37. The van der Waals surface area contributed by atoms with E-state index in [0.29, 0.717) is 0 Å². The molecule has 0 unspecified atom stereocenters. The van der Waals surface area contributed by atoms with E-state index in [9.17, 15) is 24.9 Å². The van der Waals surface area contributed by atoms with Crippen LogP contribution < -0.4 is 0 Å². The minimum absolute atomic E-state index is 0.0620. The summed E-state index contributed by atoms with van der Waals surface area (Å²) in [5.74, 6) is -0.425. The number of aromatic nitrogens is 2. The van der Waals surface area contributed by atoms with E-state index in [1.54, 1.807) is 48.5 Å². The lowest BCUT2D eigenvalue weighted by molar-refractivity contribution is -0.394. The van der Waals surface area contributed by atoms with Crippen molar-refractivity contribution in [3.05, 3.63) is 94.4 Å². The zero-order valence-electron chi connectivity index (χ0n) is 18.4. The number of nitro groups is 1. The van der Waals surface area contributed by atoms with Crippen LogP contribution in [0.25, 0.3) is 0 Å². The van der Waals surface area contributed by atoms with Gasteiger partial charge in [-0.25, -0.2) is 9.55 Å². The number of aliphatic hydroxyl groups excluding tert-OH is 2. The van der Waals surface area contributed by atoms with Gasteiger partial charge in [-0.05, 0) is 16.1 Å². The van der Waals surface area contributed by atoms with Crippen LogP contribution in [0.1, 0.15) is 17.4 Å². The smallest absolute Gasteiger partial charge is 0.387 e. The van der Waals surface area contributed by atoms with E-state index >= 15 is 0 Å². The van der Waals surface area contributed by atoms with Crippen molar-refractivity contribution >= 4 is 13.6 Å². The molecule has 0 radical (unpaired) electrons. The highest BCUT2D eigenvalue weighted by Crippen LogP contribution is 2.51. The Labute approximate surface area is 200 Å². The zero-order valence-corrected chi connectivity index (χ0v) is 19.3. The van der Waals surface area contributed by atoms with Crippen molar-refractivity contribution < 1.29 is 38.0 Å². The molecular formula is C22H24N3O9P. The first-order valence-electron chi connectivity index (χ1n) is 10.7. The van der Waals surface area contributed by atoms with Crippen molar-refractivity contribution in [1.29, 1.82) is 0 Å². The normalized spacial score (nSPS) is 22.3. The minimum Gasteiger partial charge on any atom is -0.387 e. The van der Waals surface area contributed by atoms with Crippen molar-refractivity contribution in [2.75, 3.05) is 6.61 Å². The summed E-state index contributed by atoms with van der Waals surface area (Å²) >= 11 is 0. The average Bonchev–Trinajstić information content (AvgIpc) is 3.47. The molecule has 2 aromatic carbocycles. The van der Waals surface area contributed by atoms with Crippen LogP contribution in [0.5, 0.6) is 0 Å². The Hall–Kier alpha value is -2.96. The highest BCUT2D eigenvalue weighted by molar-refractivity contribution is 7.48. The summed E-state index contributed by atoms with van der Waals surface area (Å²) in [6, 6.07) is 18.0. The Bertz CT molecular complexity index is 1110. The van der Waals surface area contributed by atoms with Gasteiger partial charge in [-0.2, -0.15) is 4.57 Å². The number of phosphoric acid groups is 1. The number of hydrogen-bond acceptors (Lipinski definition) is 10. The van der Waals surface area contributed by atoms with Crippen LogP contribution in [0.4, 0.5) is 5.82 Å². The fourth-order valence-corrected chi connectivity index (χ4v) is 4.63. The van der Waals surface area contributed by atoms with Crippen molar-refractivity contribution in [2.24, 2.45) is 0 Å². The number of ether oxygens (including phenoxy) is 1. The quantitative estimate of drug-likeness (QED) is 0.226. The van der Waals surface area contributed by atoms with Gasteiger partial charge in [0.1, 0.15) is 24.5 Å². The fraction of sp³-hybridized carbons (Fsp3) is 0.318. The molecule has 1 aromatic heterocycles. The first-order chi connectivity index (χ1) is 16.9. The second-order valence-electron chi connectivity index (χ2n) is 7.72. The molecule has 0 bridgehead atoms. The van der Waals surface area contributed by atoms with E-state index in [1.807, 2.05) is 12.1 Å². The SMILES string of the molecule is O=[N+]([O-])c1cncn1[C@@H]1O[C@H](COP(=O)(OCc2ccccc2)OCc2ccccc2)[C@@H](O)[C@H]1O. The molecule has 12 nitrogen and oxygen atoms in total. The summed E-state index contributed by atoms with van der Waals surface area (Å²) in [6.45, 7) is -0.598. The van der Waals surface area contributed by atoms with Crippen molar-refractivity contribution in [1.82, 2.24) is 9.55 Å². The molecule has 35 heavy (non-hydrogen) atoms. The van der Waals surface area contributed by atoms with Crippen LogP contribution in [-0.4, -0.2) is 49.6 Å². The Morgan fingerprint density at radius 1 is 0.971 bits per heavy atom. The Morgan fingerprint density at radius 2 is 1.54 bits per heavy atom. The molecule has 1 saturated heterocycles. The molecule has 3 aromatic rings. The first kappa shape index (κ1) is 25.1. The van der Waals surface area contributed by atoms with Crippen LogP contribution in [0.2, 0.25) is 0 Å². The van der Waals surface area contributed by atoms with Crippen molar-refractivity contribution in [3.8, 4) is 0 Å². The predicted octanol–water partition coefficient (Wildman–Crippen LogP) is 2.97. The Kier molecular flexibility index (Phi) is 8.04. The maximum Gasteiger partial charge on any atom is 0.475 e. The lowest BCUT2D eigenvalue weighted by atomic mass is 10.1. The highest BCUT2D eigenvalue weighted by atomic mass is 31.2. The molecule has 2 heterocycles. The van der Waals surface area contributed by atoms with Gasteiger partial charge in [-0.3, -0.25) is 13.6 Å². The third-order valence-corrected chi connectivity index (χ3v) is 6.66. The number of nitrogens with zero attached hydrogens (tertiary/aromatic N) is 3. The predicted molar refractivity (Wildman–Crippen MR) is 121 cm³/mol. The molecule has 13 heteroatoms. The van der Waals surface area contributed by atoms with E-state index in [4.69, 9.17) is 18.3 Å². The van der Waals surface area contributed by atoms with Crippen LogP contribution in [0.3, 0.4) is 0 Å². The van der Waals surface area contributed by atoms with E-state index in [1.165, 1.54) is 0 Å². The molecule has 1 aliphatic heterocycles. The number of hydrogen-bond donors (Lipinski definition) is 2. The summed E-state index contributed by atoms with van der Waals surface area (Å²) < 4.78 is 36.5. The second kappa shape index (κ2) is 11.2. The van der Waals surface area contributed by atoms with Gasteiger partial charge in [0.25, 0.3) is 0 Å². The molecule has 0 amide bonds. The molecule has 186 valence electrons. The standard InChI is InChI=1S/C22H24N3O9P/c26-20-18(34-22(21(20)27)24-15-23-11-19(24)25(28)29)14-33-35(30,31-12-16-7-3-1-4-8-16)32-13-17-9-5-2-6-10-17/h1-11,15,18,20-22,26-27H,12-14H2/t18-,20-,21-,22-/m1/s1. The maximum atomic E-state index is 13.4. The van der Waals surface area contributed by atoms with E-state index < -0.39 is 49.7 Å². The van der Waals surface area contributed by atoms with Crippen LogP contribution in [0, 0.1) is 10.1 Å². The van der Waals surface area contributed by atoms with Gasteiger partial charge in [0.05, 0.1) is 19.8 Å². The number of aliphatic hydroxyl groups is 2. The summed E-state index contributed by atoms with van der Waals surface area (Å²) in [5.41, 5.74) is 1.47. The number of benzene rings is 2. The van der Waals surface area contributed by atoms with Gasteiger partial charge in [0, 0.05) is 0 Å². The van der Waals surface area contributed by atoms with E-state index in [2.05, 4.69) is 4.98 Å². The van der Waals surface area contributed by atoms with Gasteiger partial charge in [-0.15, -0.1) is 0 Å². The maximum absolute atomic E-state index is 13.4. The molecule has 1 fully saturated rings. The molecule has 0 aliphatic carbocycles. The average molecular weight is 505 g/mol. The molecule has 0 spiro atoms. The van der Waals surface area contributed by atoms with E-state index in [0.717, 1.165) is 28.2 Å². The molecular weight excluding hydrogens is 481 g/mol. The fourth-order valence-electron chi connectivity index (χ4n) is 3.46. The Balaban J connectivity index is 1.44. The van der Waals surface area contributed by atoms with E-state index in [-0.39, 0.29) is 13.2 Å². The number of rotatable bonds is 11. The van der Waals surface area contributed by atoms with Gasteiger partial charge < -0.3 is 25.1 Å². The monoisotopic (exact) mass is 505 g/mol. The summed E-state index contributed by atoms with van der Waals surface area (Å²) in [5, 5.41) is 32.0. The van der Waals surface area contributed by atoms with Crippen LogP contribution in [-0.2, 0) is 36.1 Å². The molecule has 1 aliphatic rings. The lowest BCUT2D eigenvalue weighted by Crippen LogP contribution is -2.33. The van der Waals surface area contributed by atoms with Gasteiger partial charge in [0.2, 0.25) is 6.23 Å². The molecule has 0 saturated carbocycles. The topological polar surface area (TPSA) is 155 Å². The number of phosphoric ester groups is 1. The van der Waals surface area contributed by atoms with Gasteiger partial charge in [-0.1, -0.05) is 60.7 Å². The number of imidazole rings is 1. The summed E-state index contributed by atoms with van der Waals surface area (Å²) in [7, 11) is -4.15. The molecule has 4 rings (SSSR count). The largest absolute Gasteiger partial charge is 0.475 e. The summed E-state index contributed by atoms with van der Waals surface area (Å²) in [4.78, 5) is 14.2. The third-order valence-electron chi connectivity index (χ3n) is 5.31. The first-order valence-corrected chi connectivity index (χ1v) is 12.1. The van der Waals surface area contributed by atoms with Crippen LogP contribution >= 0.6 is 7.82 Å².